The molecule has 0 bridgehead atoms. The molecule has 0 spiro atoms. The third-order valence-electron chi connectivity index (χ3n) is 1.40. The van der Waals surface area contributed by atoms with E-state index in [2.05, 4.69) is 11.5 Å². The van der Waals surface area contributed by atoms with E-state index in [4.69, 9.17) is 11.1 Å². The van der Waals surface area contributed by atoms with Crippen LogP contribution in [0.15, 0.2) is 24.3 Å². The van der Waals surface area contributed by atoms with Crippen LogP contribution >= 0.6 is 0 Å². The summed E-state index contributed by atoms with van der Waals surface area (Å²) < 4.78 is 0. The Kier molecular flexibility index (Phi) is 2.47. The SMILES string of the molecule is N#CCc1ccc(NN)cc1. The van der Waals surface area contributed by atoms with Crippen molar-refractivity contribution in [2.24, 2.45) is 5.84 Å². The summed E-state index contributed by atoms with van der Waals surface area (Å²) in [5.74, 6) is 5.16. The van der Waals surface area contributed by atoms with Crippen LogP contribution in [0.25, 0.3) is 0 Å². The molecule has 3 N–H and O–H groups in total. The van der Waals surface area contributed by atoms with Gasteiger partial charge in [-0.15, -0.1) is 0 Å². The number of hydrogen-bond donors (Lipinski definition) is 2. The molecule has 0 atom stereocenters. The van der Waals surface area contributed by atoms with E-state index in [1.165, 1.54) is 0 Å². The Bertz CT molecular complexity index is 258. The van der Waals surface area contributed by atoms with Gasteiger partial charge in [-0.1, -0.05) is 12.1 Å². The molecule has 3 nitrogen and oxygen atoms in total. The Morgan fingerprint density at radius 1 is 1.36 bits per heavy atom. The Morgan fingerprint density at radius 2 is 2.00 bits per heavy atom. The molecule has 0 radical (unpaired) electrons. The second-order valence-corrected chi connectivity index (χ2v) is 2.18. The number of nitriles is 1. The fourth-order valence-corrected chi connectivity index (χ4v) is 0.810. The summed E-state index contributed by atoms with van der Waals surface area (Å²) >= 11 is 0. The highest BCUT2D eigenvalue weighted by Crippen LogP contribution is 2.07. The minimum absolute atomic E-state index is 0.449. The van der Waals surface area contributed by atoms with E-state index in [1.54, 1.807) is 0 Å². The molecule has 0 aliphatic carbocycles. The van der Waals surface area contributed by atoms with Crippen LogP contribution in [0.1, 0.15) is 5.56 Å². The third-order valence-corrected chi connectivity index (χ3v) is 1.40. The van der Waals surface area contributed by atoms with Crippen molar-refractivity contribution in [3.63, 3.8) is 0 Å². The van der Waals surface area contributed by atoms with E-state index >= 15 is 0 Å². The molecule has 0 saturated heterocycles. The van der Waals surface area contributed by atoms with Gasteiger partial charge in [0.1, 0.15) is 0 Å². The zero-order valence-electron chi connectivity index (χ0n) is 6.04. The van der Waals surface area contributed by atoms with Crippen LogP contribution in [0.5, 0.6) is 0 Å². The molecule has 0 heterocycles. The van der Waals surface area contributed by atoms with E-state index in [9.17, 15) is 0 Å². The summed E-state index contributed by atoms with van der Waals surface area (Å²) in [5.41, 5.74) is 4.37. The van der Waals surface area contributed by atoms with Crippen LogP contribution in [0, 0.1) is 11.3 Å². The Balaban J connectivity index is 2.76. The maximum absolute atomic E-state index is 8.36. The fraction of sp³-hybridized carbons (Fsp3) is 0.125. The fourth-order valence-electron chi connectivity index (χ4n) is 0.810. The summed E-state index contributed by atoms with van der Waals surface area (Å²) in [6.07, 6.45) is 0.449. The number of anilines is 1. The Hall–Kier alpha value is -1.53. The molecule has 0 aliphatic heterocycles. The van der Waals surface area contributed by atoms with Gasteiger partial charge in [-0.3, -0.25) is 5.84 Å². The van der Waals surface area contributed by atoms with E-state index < -0.39 is 0 Å². The van der Waals surface area contributed by atoms with Crippen LogP contribution in [0.4, 0.5) is 5.69 Å². The number of benzene rings is 1. The average Bonchev–Trinajstić information content (AvgIpc) is 2.07. The maximum Gasteiger partial charge on any atom is 0.0669 e. The summed E-state index contributed by atoms with van der Waals surface area (Å²) in [6, 6.07) is 9.50. The lowest BCUT2D eigenvalue weighted by molar-refractivity contribution is 1.25. The lowest BCUT2D eigenvalue weighted by atomic mass is 10.1. The number of hydrazine groups is 1. The maximum atomic E-state index is 8.36. The van der Waals surface area contributed by atoms with Gasteiger partial charge in [0.05, 0.1) is 12.5 Å². The highest BCUT2D eigenvalue weighted by Gasteiger charge is 1.90. The zero-order valence-corrected chi connectivity index (χ0v) is 6.04. The predicted molar refractivity (Wildman–Crippen MR) is 43.6 cm³/mol. The van der Waals surface area contributed by atoms with E-state index in [0.717, 1.165) is 11.3 Å². The first-order chi connectivity index (χ1) is 5.36. The quantitative estimate of drug-likeness (QED) is 0.485. The van der Waals surface area contributed by atoms with Gasteiger partial charge < -0.3 is 5.43 Å². The van der Waals surface area contributed by atoms with Gasteiger partial charge in [-0.25, -0.2) is 0 Å². The molecule has 1 aromatic carbocycles. The van der Waals surface area contributed by atoms with Crippen LogP contribution in [-0.2, 0) is 6.42 Å². The number of nitrogen functional groups attached to an aromatic ring is 1. The average molecular weight is 147 g/mol. The van der Waals surface area contributed by atoms with E-state index in [-0.39, 0.29) is 0 Å². The first-order valence-corrected chi connectivity index (χ1v) is 3.29. The van der Waals surface area contributed by atoms with Crippen LogP contribution in [0.2, 0.25) is 0 Å². The molecule has 0 fully saturated rings. The first kappa shape index (κ1) is 7.58. The normalized spacial score (nSPS) is 8.73. The largest absolute Gasteiger partial charge is 0.324 e. The molecule has 3 heteroatoms. The van der Waals surface area contributed by atoms with Crippen molar-refractivity contribution in [3.8, 4) is 6.07 Å². The van der Waals surface area contributed by atoms with E-state index in [0.29, 0.717) is 6.42 Å². The number of hydrogen-bond acceptors (Lipinski definition) is 3. The molecule has 0 saturated carbocycles. The van der Waals surface area contributed by atoms with E-state index in [1.807, 2.05) is 24.3 Å². The van der Waals surface area contributed by atoms with Crippen LogP contribution in [-0.4, -0.2) is 0 Å². The second-order valence-electron chi connectivity index (χ2n) is 2.18. The minimum Gasteiger partial charge on any atom is -0.324 e. The first-order valence-electron chi connectivity index (χ1n) is 3.29. The molecule has 0 unspecified atom stereocenters. The molecule has 1 aromatic rings. The van der Waals surface area contributed by atoms with Gasteiger partial charge in [0.25, 0.3) is 0 Å². The van der Waals surface area contributed by atoms with Crippen molar-refractivity contribution in [1.82, 2.24) is 0 Å². The minimum atomic E-state index is 0.449. The molecule has 11 heavy (non-hydrogen) atoms. The molecular formula is C8H9N3. The third kappa shape index (κ3) is 1.95. The summed E-state index contributed by atoms with van der Waals surface area (Å²) in [5, 5.41) is 8.36. The van der Waals surface area contributed by atoms with Crippen molar-refractivity contribution in [1.29, 1.82) is 5.26 Å². The molecule has 1 rings (SSSR count). The Labute approximate surface area is 65.4 Å². The highest BCUT2D eigenvalue weighted by molar-refractivity contribution is 5.43. The lowest BCUT2D eigenvalue weighted by Gasteiger charge is -1.98. The standard InChI is InChI=1S/C8H9N3/c9-6-5-7-1-3-8(11-10)4-2-7/h1-4,11H,5,10H2. The lowest BCUT2D eigenvalue weighted by Crippen LogP contribution is -2.06. The summed E-state index contributed by atoms with van der Waals surface area (Å²) in [6.45, 7) is 0. The van der Waals surface area contributed by atoms with Crippen molar-refractivity contribution in [2.45, 2.75) is 6.42 Å². The molecule has 0 amide bonds. The van der Waals surface area contributed by atoms with Crippen LogP contribution in [0.3, 0.4) is 0 Å². The Morgan fingerprint density at radius 3 is 2.45 bits per heavy atom. The number of rotatable bonds is 2. The predicted octanol–water partition coefficient (Wildman–Crippen LogP) is 1.04. The van der Waals surface area contributed by atoms with Crippen LogP contribution < -0.4 is 11.3 Å². The molecule has 0 aromatic heterocycles. The monoisotopic (exact) mass is 147 g/mol. The number of nitrogens with zero attached hydrogens (tertiary/aromatic N) is 1. The number of nitrogens with one attached hydrogen (secondary N) is 1. The highest BCUT2D eigenvalue weighted by atomic mass is 15.2. The van der Waals surface area contributed by atoms with Gasteiger partial charge in [-0.2, -0.15) is 5.26 Å². The molecular weight excluding hydrogens is 138 g/mol. The van der Waals surface area contributed by atoms with Gasteiger partial charge >= 0.3 is 0 Å². The molecule has 0 aliphatic rings. The van der Waals surface area contributed by atoms with Crippen molar-refractivity contribution in [2.75, 3.05) is 5.43 Å². The van der Waals surface area contributed by atoms with Crippen molar-refractivity contribution in [3.05, 3.63) is 29.8 Å². The smallest absolute Gasteiger partial charge is 0.0669 e. The summed E-state index contributed by atoms with van der Waals surface area (Å²) in [4.78, 5) is 0. The topological polar surface area (TPSA) is 61.8 Å². The van der Waals surface area contributed by atoms with Gasteiger partial charge in [0, 0.05) is 5.69 Å². The van der Waals surface area contributed by atoms with Gasteiger partial charge in [0.2, 0.25) is 0 Å². The second kappa shape index (κ2) is 3.59. The van der Waals surface area contributed by atoms with Crippen molar-refractivity contribution < 1.29 is 0 Å². The number of nitrogens with two attached hydrogens (primary N) is 1. The zero-order chi connectivity index (χ0) is 8.10. The molecule has 56 valence electrons. The van der Waals surface area contributed by atoms with Crippen molar-refractivity contribution >= 4 is 5.69 Å². The van der Waals surface area contributed by atoms with Gasteiger partial charge in [0.15, 0.2) is 0 Å². The van der Waals surface area contributed by atoms with Gasteiger partial charge in [-0.05, 0) is 17.7 Å². The summed E-state index contributed by atoms with van der Waals surface area (Å²) in [7, 11) is 0.